The van der Waals surface area contributed by atoms with E-state index in [1.54, 1.807) is 0 Å². The highest BCUT2D eigenvalue weighted by molar-refractivity contribution is 5.98. The van der Waals surface area contributed by atoms with Gasteiger partial charge in [0, 0.05) is 39.3 Å². The van der Waals surface area contributed by atoms with Gasteiger partial charge in [-0.25, -0.2) is 9.97 Å². The summed E-state index contributed by atoms with van der Waals surface area (Å²) in [5.74, 6) is 0.964. The molecule has 0 fully saturated rings. The summed E-state index contributed by atoms with van der Waals surface area (Å²) in [4.78, 5) is 13.3. The molecule has 10 rings (SSSR count). The van der Waals surface area contributed by atoms with Gasteiger partial charge in [-0.1, -0.05) is 114 Å². The predicted octanol–water partition coefficient (Wildman–Crippen LogP) is 15.3. The third-order valence-electron chi connectivity index (χ3n) is 12.0. The molecule has 0 bridgehead atoms. The molecule has 0 spiro atoms. The fourth-order valence-electron chi connectivity index (χ4n) is 9.31. The van der Waals surface area contributed by atoms with Gasteiger partial charge in [-0.3, -0.25) is 0 Å². The second-order valence-corrected chi connectivity index (χ2v) is 16.8. The molecule has 0 aliphatic rings. The normalized spacial score (nSPS) is 11.3. The lowest BCUT2D eigenvalue weighted by Gasteiger charge is -2.25. The van der Waals surface area contributed by atoms with Crippen molar-refractivity contribution in [2.45, 2.75) is 41.5 Å². The maximum absolute atomic E-state index is 6.08. The molecule has 10 aromatic rings. The van der Waals surface area contributed by atoms with Gasteiger partial charge in [-0.15, -0.1) is 10.2 Å². The van der Waals surface area contributed by atoms with Crippen LogP contribution < -0.4 is 4.90 Å². The van der Waals surface area contributed by atoms with E-state index in [2.05, 4.69) is 178 Å². The summed E-state index contributed by atoms with van der Waals surface area (Å²) < 4.78 is 6.08. The van der Waals surface area contributed by atoms with E-state index in [0.29, 0.717) is 11.8 Å². The molecule has 0 radical (unpaired) electrons. The molecule has 0 amide bonds. The molecule has 0 saturated carbocycles. The summed E-state index contributed by atoms with van der Waals surface area (Å²) in [7, 11) is 0. The van der Waals surface area contributed by atoms with E-state index in [1.165, 1.54) is 55.6 Å². The Labute approximate surface area is 374 Å². The summed E-state index contributed by atoms with van der Waals surface area (Å²) in [6.07, 6.45) is 0. The average Bonchev–Trinajstić information content (AvgIpc) is 3.80. The van der Waals surface area contributed by atoms with E-state index >= 15 is 0 Å². The Morgan fingerprint density at radius 3 is 1.14 bits per heavy atom. The Bertz CT molecular complexity index is 3260. The summed E-state index contributed by atoms with van der Waals surface area (Å²) in [6, 6.07) is 61.2. The second-order valence-electron chi connectivity index (χ2n) is 16.8. The van der Waals surface area contributed by atoms with Crippen LogP contribution in [0.25, 0.3) is 78.7 Å². The van der Waals surface area contributed by atoms with Crippen LogP contribution in [-0.2, 0) is 0 Å². The first kappa shape index (κ1) is 40.1. The Morgan fingerprint density at radius 2 is 0.703 bits per heavy atom. The molecule has 0 aliphatic heterocycles. The van der Waals surface area contributed by atoms with E-state index in [9.17, 15) is 0 Å². The molecule has 0 atom stereocenters. The standard InChI is InChI=1S/C58H47N5O/c1-36-30-38(3)53(39(4)31-36)49-34-51-52(35-50(49)54-40(5)32-37(2)33-41(54)6)60-56(55(59-51)42-16-10-7-11-17-42)43-22-26-47(27-23-43)63(46-20-14-9-15-21-46)48-28-24-45(25-29-48)58-62-61-57(64-58)44-18-12-8-13-19-44/h7-35H,1-6H3. The van der Waals surface area contributed by atoms with Crippen LogP contribution in [0.5, 0.6) is 0 Å². The molecule has 8 aromatic carbocycles. The quantitative estimate of drug-likeness (QED) is 0.144. The van der Waals surface area contributed by atoms with Crippen LogP contribution in [0.2, 0.25) is 0 Å². The number of anilines is 3. The third kappa shape index (κ3) is 7.64. The molecular formula is C58H47N5O. The van der Waals surface area contributed by atoms with Crippen molar-refractivity contribution in [1.29, 1.82) is 0 Å². The smallest absolute Gasteiger partial charge is 0.248 e. The van der Waals surface area contributed by atoms with Gasteiger partial charge in [-0.2, -0.15) is 0 Å². The minimum Gasteiger partial charge on any atom is -0.416 e. The number of aromatic nitrogens is 4. The topological polar surface area (TPSA) is 67.9 Å². The fourth-order valence-corrected chi connectivity index (χ4v) is 9.31. The molecule has 2 aromatic heterocycles. The van der Waals surface area contributed by atoms with Crippen LogP contribution in [0.15, 0.2) is 180 Å². The van der Waals surface area contributed by atoms with Crippen LogP contribution in [0, 0.1) is 41.5 Å². The molecule has 0 N–H and O–H groups in total. The van der Waals surface area contributed by atoms with Gasteiger partial charge in [0.25, 0.3) is 0 Å². The van der Waals surface area contributed by atoms with Gasteiger partial charge in [0.15, 0.2) is 0 Å². The van der Waals surface area contributed by atoms with Crippen molar-refractivity contribution in [2.24, 2.45) is 0 Å². The second kappa shape index (κ2) is 16.7. The highest BCUT2D eigenvalue weighted by atomic mass is 16.4. The lowest BCUT2D eigenvalue weighted by Crippen LogP contribution is -2.09. The predicted molar refractivity (Wildman–Crippen MR) is 263 cm³/mol. The molecule has 2 heterocycles. The average molecular weight is 830 g/mol. The van der Waals surface area contributed by atoms with Crippen LogP contribution in [-0.4, -0.2) is 20.2 Å². The van der Waals surface area contributed by atoms with Crippen molar-refractivity contribution in [3.8, 4) is 67.7 Å². The lowest BCUT2D eigenvalue weighted by atomic mass is 9.85. The number of aryl methyl sites for hydroxylation is 6. The number of hydrogen-bond donors (Lipinski definition) is 0. The molecule has 6 nitrogen and oxygen atoms in total. The highest BCUT2D eigenvalue weighted by Gasteiger charge is 2.22. The van der Waals surface area contributed by atoms with Gasteiger partial charge in [-0.05, 0) is 159 Å². The van der Waals surface area contributed by atoms with Crippen molar-refractivity contribution in [3.63, 3.8) is 0 Å². The minimum atomic E-state index is 0.472. The summed E-state index contributed by atoms with van der Waals surface area (Å²) in [5.41, 5.74) is 22.4. The first-order valence-electron chi connectivity index (χ1n) is 21.7. The Hall–Kier alpha value is -7.96. The van der Waals surface area contributed by atoms with E-state index < -0.39 is 0 Å². The molecule has 0 aliphatic carbocycles. The van der Waals surface area contributed by atoms with Gasteiger partial charge in [0.1, 0.15) is 0 Å². The summed E-state index contributed by atoms with van der Waals surface area (Å²) >= 11 is 0. The molecular weight excluding hydrogens is 783 g/mol. The maximum Gasteiger partial charge on any atom is 0.248 e. The Kier molecular flexibility index (Phi) is 10.5. The SMILES string of the molecule is Cc1cc(C)c(-c2cc3nc(-c4ccccc4)c(-c4ccc(N(c5ccccc5)c5ccc(-c6nnc(-c7ccccc7)o6)cc5)cc4)nc3cc2-c2c(C)cc(C)cc2C)c(C)c1. The van der Waals surface area contributed by atoms with Crippen LogP contribution in [0.1, 0.15) is 33.4 Å². The first-order chi connectivity index (χ1) is 31.2. The van der Waals surface area contributed by atoms with Crippen molar-refractivity contribution in [1.82, 2.24) is 20.2 Å². The highest BCUT2D eigenvalue weighted by Crippen LogP contribution is 2.43. The van der Waals surface area contributed by atoms with Crippen LogP contribution >= 0.6 is 0 Å². The lowest BCUT2D eigenvalue weighted by molar-refractivity contribution is 0.584. The maximum atomic E-state index is 6.08. The van der Waals surface area contributed by atoms with Crippen molar-refractivity contribution in [2.75, 3.05) is 4.90 Å². The molecule has 6 heteroatoms. The van der Waals surface area contributed by atoms with Gasteiger partial charge in [0.2, 0.25) is 11.8 Å². The number of hydrogen-bond acceptors (Lipinski definition) is 6. The molecule has 310 valence electrons. The van der Waals surface area contributed by atoms with Gasteiger partial charge >= 0.3 is 0 Å². The number of para-hydroxylation sites is 1. The zero-order valence-corrected chi connectivity index (χ0v) is 36.9. The van der Waals surface area contributed by atoms with Crippen molar-refractivity contribution >= 4 is 28.1 Å². The molecule has 0 unspecified atom stereocenters. The van der Waals surface area contributed by atoms with Gasteiger partial charge < -0.3 is 9.32 Å². The zero-order valence-electron chi connectivity index (χ0n) is 36.9. The number of rotatable bonds is 9. The van der Waals surface area contributed by atoms with E-state index in [0.717, 1.165) is 61.7 Å². The first-order valence-corrected chi connectivity index (χ1v) is 21.7. The summed E-state index contributed by atoms with van der Waals surface area (Å²) in [6.45, 7) is 13.2. The molecule has 64 heavy (non-hydrogen) atoms. The third-order valence-corrected chi connectivity index (χ3v) is 12.0. The van der Waals surface area contributed by atoms with E-state index in [1.807, 2.05) is 54.6 Å². The van der Waals surface area contributed by atoms with E-state index in [4.69, 9.17) is 14.4 Å². The number of fused-ring (bicyclic) bond motifs is 1. The zero-order chi connectivity index (χ0) is 43.9. The van der Waals surface area contributed by atoms with Crippen molar-refractivity contribution in [3.05, 3.63) is 209 Å². The van der Waals surface area contributed by atoms with Crippen LogP contribution in [0.3, 0.4) is 0 Å². The Balaban J connectivity index is 1.09. The van der Waals surface area contributed by atoms with Crippen LogP contribution in [0.4, 0.5) is 17.1 Å². The van der Waals surface area contributed by atoms with E-state index in [-0.39, 0.29) is 0 Å². The van der Waals surface area contributed by atoms with Gasteiger partial charge in [0.05, 0.1) is 22.4 Å². The fraction of sp³-hybridized carbons (Fsp3) is 0.103. The van der Waals surface area contributed by atoms with Crippen molar-refractivity contribution < 1.29 is 4.42 Å². The number of benzene rings is 8. The summed E-state index contributed by atoms with van der Waals surface area (Å²) in [5, 5.41) is 8.66. The Morgan fingerprint density at radius 1 is 0.359 bits per heavy atom. The monoisotopic (exact) mass is 829 g/mol. The number of nitrogens with zero attached hydrogens (tertiary/aromatic N) is 5. The molecule has 0 saturated heterocycles. The largest absolute Gasteiger partial charge is 0.416 e. The minimum absolute atomic E-state index is 0.472.